The smallest absolute Gasteiger partial charge is 0.290 e. The maximum absolute atomic E-state index is 13.5. The second-order valence-corrected chi connectivity index (χ2v) is 8.20. The van der Waals surface area contributed by atoms with E-state index in [0.717, 1.165) is 42.4 Å². The molecule has 0 saturated heterocycles. The lowest BCUT2D eigenvalue weighted by Crippen LogP contribution is -2.45. The van der Waals surface area contributed by atoms with E-state index in [9.17, 15) is 9.59 Å². The molecule has 160 valence electrons. The molecule has 2 aromatic carbocycles. The third kappa shape index (κ3) is 5.05. The van der Waals surface area contributed by atoms with E-state index in [4.69, 9.17) is 4.42 Å². The van der Waals surface area contributed by atoms with Gasteiger partial charge in [-0.25, -0.2) is 0 Å². The van der Waals surface area contributed by atoms with E-state index in [-0.39, 0.29) is 23.6 Å². The van der Waals surface area contributed by atoms with Crippen LogP contribution < -0.4 is 5.32 Å². The highest BCUT2D eigenvalue weighted by Crippen LogP contribution is 2.27. The van der Waals surface area contributed by atoms with Crippen molar-refractivity contribution in [2.24, 2.45) is 0 Å². The average Bonchev–Trinajstić information content (AvgIpc) is 3.49. The van der Waals surface area contributed by atoms with E-state index in [1.165, 1.54) is 6.26 Å². The summed E-state index contributed by atoms with van der Waals surface area (Å²) in [5.41, 5.74) is 2.89. The zero-order valence-corrected chi connectivity index (χ0v) is 17.8. The summed E-state index contributed by atoms with van der Waals surface area (Å²) in [7, 11) is 0. The Bertz CT molecular complexity index is 991. The van der Waals surface area contributed by atoms with Gasteiger partial charge in [-0.3, -0.25) is 9.59 Å². The minimum Gasteiger partial charge on any atom is -0.459 e. The average molecular weight is 417 g/mol. The predicted molar refractivity (Wildman–Crippen MR) is 119 cm³/mol. The molecule has 1 saturated carbocycles. The van der Waals surface area contributed by atoms with Crippen LogP contribution in [0, 0.1) is 6.92 Å². The van der Waals surface area contributed by atoms with Gasteiger partial charge in [0.25, 0.3) is 5.91 Å². The van der Waals surface area contributed by atoms with E-state index in [1.54, 1.807) is 17.0 Å². The molecule has 0 aliphatic heterocycles. The Morgan fingerprint density at radius 1 is 1.00 bits per heavy atom. The van der Waals surface area contributed by atoms with Crippen molar-refractivity contribution in [1.82, 2.24) is 10.2 Å². The second kappa shape index (κ2) is 9.65. The number of amides is 2. The molecular weight excluding hydrogens is 388 g/mol. The molecule has 2 amide bonds. The Morgan fingerprint density at radius 3 is 2.35 bits per heavy atom. The molecule has 1 aliphatic rings. The first-order valence-electron chi connectivity index (χ1n) is 10.9. The summed E-state index contributed by atoms with van der Waals surface area (Å²) in [4.78, 5) is 28.6. The van der Waals surface area contributed by atoms with Crippen molar-refractivity contribution in [3.63, 3.8) is 0 Å². The lowest BCUT2D eigenvalue weighted by Gasteiger charge is -2.32. The molecular formula is C26H28N2O3. The van der Waals surface area contributed by atoms with Crippen LogP contribution in [0.5, 0.6) is 0 Å². The number of carbonyl (C=O) groups excluding carboxylic acids is 2. The normalized spacial score (nSPS) is 14.9. The van der Waals surface area contributed by atoms with Gasteiger partial charge in [0, 0.05) is 12.6 Å². The summed E-state index contributed by atoms with van der Waals surface area (Å²) in [6.45, 7) is 2.33. The van der Waals surface area contributed by atoms with E-state index in [1.807, 2.05) is 61.5 Å². The van der Waals surface area contributed by atoms with Gasteiger partial charge in [-0.05, 0) is 43.0 Å². The molecule has 0 bridgehead atoms. The highest BCUT2D eigenvalue weighted by molar-refractivity contribution is 5.96. The minimum atomic E-state index is -0.749. The molecule has 0 unspecified atom stereocenters. The van der Waals surface area contributed by atoms with Crippen molar-refractivity contribution in [3.05, 3.63) is 95.4 Å². The van der Waals surface area contributed by atoms with Gasteiger partial charge in [0.2, 0.25) is 5.91 Å². The van der Waals surface area contributed by atoms with Crippen LogP contribution >= 0.6 is 0 Å². The fourth-order valence-electron chi connectivity index (χ4n) is 4.17. The van der Waals surface area contributed by atoms with Crippen molar-refractivity contribution in [2.45, 2.75) is 51.2 Å². The number of furan rings is 1. The van der Waals surface area contributed by atoms with E-state index in [0.29, 0.717) is 6.54 Å². The third-order valence-electron chi connectivity index (χ3n) is 5.84. The molecule has 3 aromatic rings. The molecule has 1 N–H and O–H groups in total. The lowest BCUT2D eigenvalue weighted by molar-refractivity contribution is -0.126. The first-order chi connectivity index (χ1) is 15.1. The largest absolute Gasteiger partial charge is 0.459 e. The molecule has 1 fully saturated rings. The van der Waals surface area contributed by atoms with Crippen LogP contribution in [0.4, 0.5) is 0 Å². The maximum Gasteiger partial charge on any atom is 0.290 e. The van der Waals surface area contributed by atoms with Crippen molar-refractivity contribution >= 4 is 11.8 Å². The lowest BCUT2D eigenvalue weighted by atomic mass is 10.0. The number of hydrogen-bond acceptors (Lipinski definition) is 3. The van der Waals surface area contributed by atoms with E-state index in [2.05, 4.69) is 5.32 Å². The second-order valence-electron chi connectivity index (χ2n) is 8.20. The van der Waals surface area contributed by atoms with Gasteiger partial charge < -0.3 is 14.6 Å². The molecule has 5 heteroatoms. The number of nitrogens with zero attached hydrogens (tertiary/aromatic N) is 1. The van der Waals surface area contributed by atoms with Crippen molar-refractivity contribution < 1.29 is 14.0 Å². The monoisotopic (exact) mass is 416 g/mol. The zero-order chi connectivity index (χ0) is 21.6. The van der Waals surface area contributed by atoms with Gasteiger partial charge >= 0.3 is 0 Å². The first-order valence-corrected chi connectivity index (χ1v) is 10.9. The Kier molecular flexibility index (Phi) is 6.51. The highest BCUT2D eigenvalue weighted by atomic mass is 16.3. The SMILES string of the molecule is Cc1ccc(CN(C(=O)c2ccco2)[C@@H](C(=O)NC2CCCC2)c2ccccc2)cc1. The molecule has 1 heterocycles. The molecule has 0 radical (unpaired) electrons. The van der Waals surface area contributed by atoms with Crippen molar-refractivity contribution in [3.8, 4) is 0 Å². The third-order valence-corrected chi connectivity index (χ3v) is 5.84. The van der Waals surface area contributed by atoms with Gasteiger partial charge in [0.15, 0.2) is 5.76 Å². The summed E-state index contributed by atoms with van der Waals surface area (Å²) < 4.78 is 5.41. The number of aryl methyl sites for hydroxylation is 1. The van der Waals surface area contributed by atoms with Crippen LogP contribution in [-0.4, -0.2) is 22.8 Å². The fourth-order valence-corrected chi connectivity index (χ4v) is 4.17. The summed E-state index contributed by atoms with van der Waals surface area (Å²) in [6, 6.07) is 20.3. The van der Waals surface area contributed by atoms with Crippen LogP contribution in [-0.2, 0) is 11.3 Å². The van der Waals surface area contributed by atoms with Crippen LogP contribution in [0.25, 0.3) is 0 Å². The predicted octanol–water partition coefficient (Wildman–Crippen LogP) is 5.03. The zero-order valence-electron chi connectivity index (χ0n) is 17.8. The molecule has 1 atom stereocenters. The van der Waals surface area contributed by atoms with Gasteiger partial charge in [-0.2, -0.15) is 0 Å². The molecule has 1 aliphatic carbocycles. The van der Waals surface area contributed by atoms with Crippen molar-refractivity contribution in [2.75, 3.05) is 0 Å². The summed E-state index contributed by atoms with van der Waals surface area (Å²) in [5.74, 6) is -0.229. The standard InChI is InChI=1S/C26H28N2O3/c1-19-13-15-20(16-14-19)18-28(26(30)23-12-7-17-31-23)24(21-8-3-2-4-9-21)25(29)27-22-10-5-6-11-22/h2-4,7-9,12-17,22,24H,5-6,10-11,18H2,1H3,(H,27,29)/t24-/m1/s1. The fraction of sp³-hybridized carbons (Fsp3) is 0.308. The van der Waals surface area contributed by atoms with E-state index < -0.39 is 6.04 Å². The number of nitrogens with one attached hydrogen (secondary N) is 1. The van der Waals surface area contributed by atoms with E-state index >= 15 is 0 Å². The number of rotatable bonds is 7. The summed E-state index contributed by atoms with van der Waals surface area (Å²) >= 11 is 0. The van der Waals surface area contributed by atoms with Gasteiger partial charge in [-0.15, -0.1) is 0 Å². The topological polar surface area (TPSA) is 62.6 Å². The number of carbonyl (C=O) groups is 2. The molecule has 1 aromatic heterocycles. The quantitative estimate of drug-likeness (QED) is 0.588. The maximum atomic E-state index is 13.5. The van der Waals surface area contributed by atoms with Gasteiger partial charge in [0.1, 0.15) is 6.04 Å². The van der Waals surface area contributed by atoms with Crippen LogP contribution in [0.15, 0.2) is 77.4 Å². The molecule has 31 heavy (non-hydrogen) atoms. The Labute approximate surface area is 183 Å². The summed E-state index contributed by atoms with van der Waals surface area (Å²) in [6.07, 6.45) is 5.70. The van der Waals surface area contributed by atoms with Gasteiger partial charge in [0.05, 0.1) is 6.26 Å². The summed E-state index contributed by atoms with van der Waals surface area (Å²) in [5, 5.41) is 3.19. The van der Waals surface area contributed by atoms with Crippen LogP contribution in [0.1, 0.15) is 59.0 Å². The Morgan fingerprint density at radius 2 is 1.71 bits per heavy atom. The molecule has 5 nitrogen and oxygen atoms in total. The highest BCUT2D eigenvalue weighted by Gasteiger charge is 2.34. The van der Waals surface area contributed by atoms with Crippen LogP contribution in [0.3, 0.4) is 0 Å². The Balaban J connectivity index is 1.71. The van der Waals surface area contributed by atoms with Gasteiger partial charge in [-0.1, -0.05) is 73.0 Å². The number of hydrogen-bond donors (Lipinski definition) is 1. The minimum absolute atomic E-state index is 0.148. The number of benzene rings is 2. The van der Waals surface area contributed by atoms with Crippen LogP contribution in [0.2, 0.25) is 0 Å². The molecule has 4 rings (SSSR count). The molecule has 0 spiro atoms. The first kappa shape index (κ1) is 20.9. The van der Waals surface area contributed by atoms with Crippen molar-refractivity contribution in [1.29, 1.82) is 0 Å². The Hall–Kier alpha value is -3.34.